The quantitative estimate of drug-likeness (QED) is 0.917. The van der Waals surface area contributed by atoms with Crippen LogP contribution in [0.2, 0.25) is 0 Å². The van der Waals surface area contributed by atoms with E-state index in [0.717, 1.165) is 12.1 Å². The number of nitriles is 1. The fourth-order valence-corrected chi connectivity index (χ4v) is 1.93. The second-order valence-electron chi connectivity index (χ2n) is 3.70. The average molecular weight is 275 g/mol. The molecule has 18 heavy (non-hydrogen) atoms. The number of thioether (sulfide) groups is 1. The van der Waals surface area contributed by atoms with Gasteiger partial charge in [0, 0.05) is 11.8 Å². The molecule has 0 aliphatic rings. The first kappa shape index (κ1) is 14.6. The van der Waals surface area contributed by atoms with Crippen molar-refractivity contribution >= 4 is 17.6 Å². The molecule has 0 aliphatic heterocycles. The van der Waals surface area contributed by atoms with E-state index in [0.29, 0.717) is 5.75 Å². The van der Waals surface area contributed by atoms with E-state index in [9.17, 15) is 13.2 Å². The first-order valence-corrected chi connectivity index (χ1v) is 6.51. The number of pyridine rings is 1. The van der Waals surface area contributed by atoms with E-state index < -0.39 is 11.9 Å². The molecule has 0 amide bonds. The molecule has 1 unspecified atom stereocenters. The van der Waals surface area contributed by atoms with Gasteiger partial charge in [-0.05, 0) is 25.3 Å². The summed E-state index contributed by atoms with van der Waals surface area (Å²) in [6.45, 7) is 1.82. The first-order valence-electron chi connectivity index (χ1n) is 5.12. The maximum Gasteiger partial charge on any atom is 0.433 e. The average Bonchev–Trinajstić information content (AvgIpc) is 2.28. The van der Waals surface area contributed by atoms with Crippen LogP contribution in [0.3, 0.4) is 0 Å². The van der Waals surface area contributed by atoms with E-state index in [1.54, 1.807) is 11.8 Å². The Kier molecular flexibility index (Phi) is 4.84. The Bertz CT molecular complexity index is 454. The zero-order chi connectivity index (χ0) is 13.8. The zero-order valence-electron chi connectivity index (χ0n) is 9.88. The molecule has 0 saturated carbocycles. The summed E-state index contributed by atoms with van der Waals surface area (Å²) in [5.74, 6) is 0.692. The topological polar surface area (TPSA) is 48.7 Å². The maximum absolute atomic E-state index is 12.5. The number of halogens is 3. The van der Waals surface area contributed by atoms with Crippen LogP contribution in [0.1, 0.15) is 18.2 Å². The van der Waals surface area contributed by atoms with Gasteiger partial charge in [-0.1, -0.05) is 0 Å². The fourth-order valence-electron chi connectivity index (χ4n) is 1.34. The number of hydrogen-bond donors (Lipinski definition) is 1. The molecule has 0 bridgehead atoms. The molecule has 1 N–H and O–H groups in total. The standard InChI is InChI=1S/C11H12F3N3S/c1-7(6-18-2)16-10-8(5-15)3-4-9(17-10)11(12,13)14/h3-4,7H,6H2,1-2H3,(H,16,17). The molecule has 98 valence electrons. The van der Waals surface area contributed by atoms with Gasteiger partial charge < -0.3 is 5.32 Å². The third-order valence-electron chi connectivity index (χ3n) is 2.11. The first-order chi connectivity index (χ1) is 8.38. The van der Waals surface area contributed by atoms with Crippen LogP contribution >= 0.6 is 11.8 Å². The Balaban J connectivity index is 3.04. The normalized spacial score (nSPS) is 12.9. The lowest BCUT2D eigenvalue weighted by Crippen LogP contribution is -2.20. The van der Waals surface area contributed by atoms with Gasteiger partial charge >= 0.3 is 6.18 Å². The minimum atomic E-state index is -4.51. The Morgan fingerprint density at radius 3 is 2.67 bits per heavy atom. The molecule has 1 aromatic rings. The van der Waals surface area contributed by atoms with Crippen LogP contribution in [0, 0.1) is 11.3 Å². The van der Waals surface area contributed by atoms with Gasteiger partial charge in [0.2, 0.25) is 0 Å². The second-order valence-corrected chi connectivity index (χ2v) is 4.61. The largest absolute Gasteiger partial charge is 0.433 e. The van der Waals surface area contributed by atoms with Gasteiger partial charge in [-0.15, -0.1) is 0 Å². The van der Waals surface area contributed by atoms with Crippen molar-refractivity contribution in [3.05, 3.63) is 23.4 Å². The van der Waals surface area contributed by atoms with Crippen LogP contribution in [0.5, 0.6) is 0 Å². The number of nitrogens with one attached hydrogen (secondary N) is 1. The lowest BCUT2D eigenvalue weighted by atomic mass is 10.2. The van der Waals surface area contributed by atoms with Crippen molar-refractivity contribution in [2.45, 2.75) is 19.1 Å². The molecule has 1 rings (SSSR count). The molecule has 1 aromatic heterocycles. The molecule has 0 saturated heterocycles. The molecule has 0 fully saturated rings. The van der Waals surface area contributed by atoms with Crippen LogP contribution in [0.25, 0.3) is 0 Å². The summed E-state index contributed by atoms with van der Waals surface area (Å²) in [5.41, 5.74) is -0.892. The Morgan fingerprint density at radius 1 is 1.50 bits per heavy atom. The van der Waals surface area contributed by atoms with Crippen LogP contribution in [0.15, 0.2) is 12.1 Å². The second kappa shape index (κ2) is 5.96. The summed E-state index contributed by atoms with van der Waals surface area (Å²) in [6, 6.07) is 3.69. The van der Waals surface area contributed by atoms with Crippen molar-refractivity contribution in [2.24, 2.45) is 0 Å². The maximum atomic E-state index is 12.5. The molecule has 1 heterocycles. The SMILES string of the molecule is CSCC(C)Nc1nc(C(F)(F)F)ccc1C#N. The molecule has 7 heteroatoms. The van der Waals surface area contributed by atoms with Crippen LogP contribution < -0.4 is 5.32 Å². The lowest BCUT2D eigenvalue weighted by molar-refractivity contribution is -0.141. The van der Waals surface area contributed by atoms with Gasteiger partial charge in [-0.25, -0.2) is 4.98 Å². The number of alkyl halides is 3. The van der Waals surface area contributed by atoms with E-state index in [2.05, 4.69) is 10.3 Å². The molecule has 1 atom stereocenters. The van der Waals surface area contributed by atoms with E-state index in [1.165, 1.54) is 0 Å². The van der Waals surface area contributed by atoms with Gasteiger partial charge in [0.15, 0.2) is 0 Å². The van der Waals surface area contributed by atoms with Gasteiger partial charge in [0.05, 0.1) is 5.56 Å². The summed E-state index contributed by atoms with van der Waals surface area (Å²) in [6.07, 6.45) is -2.61. The van der Waals surface area contributed by atoms with Crippen LogP contribution in [0.4, 0.5) is 19.0 Å². The summed E-state index contributed by atoms with van der Waals surface area (Å²) in [7, 11) is 0. The van der Waals surface area contributed by atoms with Gasteiger partial charge in [0.1, 0.15) is 17.6 Å². The van der Waals surface area contributed by atoms with Gasteiger partial charge in [0.25, 0.3) is 0 Å². The molecule has 0 spiro atoms. The number of hydrogen-bond acceptors (Lipinski definition) is 4. The van der Waals surface area contributed by atoms with Gasteiger partial charge in [-0.3, -0.25) is 0 Å². The summed E-state index contributed by atoms with van der Waals surface area (Å²) < 4.78 is 37.5. The molecular weight excluding hydrogens is 263 g/mol. The highest BCUT2D eigenvalue weighted by Crippen LogP contribution is 2.29. The van der Waals surface area contributed by atoms with Crippen molar-refractivity contribution in [3.8, 4) is 6.07 Å². The van der Waals surface area contributed by atoms with E-state index in [-0.39, 0.29) is 17.4 Å². The minimum Gasteiger partial charge on any atom is -0.366 e. The van der Waals surface area contributed by atoms with E-state index >= 15 is 0 Å². The van der Waals surface area contributed by atoms with Crippen molar-refractivity contribution in [1.82, 2.24) is 4.98 Å². The van der Waals surface area contributed by atoms with E-state index in [4.69, 9.17) is 5.26 Å². The summed E-state index contributed by atoms with van der Waals surface area (Å²) >= 11 is 1.56. The Morgan fingerprint density at radius 2 is 2.17 bits per heavy atom. The van der Waals surface area contributed by atoms with Crippen molar-refractivity contribution in [3.63, 3.8) is 0 Å². The lowest BCUT2D eigenvalue weighted by Gasteiger charge is -2.15. The highest BCUT2D eigenvalue weighted by atomic mass is 32.2. The van der Waals surface area contributed by atoms with Crippen molar-refractivity contribution in [1.29, 1.82) is 5.26 Å². The minimum absolute atomic E-state index is 0.0196. The molecule has 0 aliphatic carbocycles. The van der Waals surface area contributed by atoms with E-state index in [1.807, 2.05) is 19.2 Å². The number of aromatic nitrogens is 1. The van der Waals surface area contributed by atoms with Gasteiger partial charge in [-0.2, -0.15) is 30.2 Å². The van der Waals surface area contributed by atoms with Crippen molar-refractivity contribution in [2.75, 3.05) is 17.3 Å². The monoisotopic (exact) mass is 275 g/mol. The Labute approximate surface area is 107 Å². The summed E-state index contributed by atoms with van der Waals surface area (Å²) in [4.78, 5) is 3.47. The number of anilines is 1. The van der Waals surface area contributed by atoms with Crippen molar-refractivity contribution < 1.29 is 13.2 Å². The number of rotatable bonds is 4. The predicted molar refractivity (Wildman–Crippen MR) is 65.4 cm³/mol. The van der Waals surface area contributed by atoms with Crippen LogP contribution in [-0.4, -0.2) is 23.0 Å². The zero-order valence-corrected chi connectivity index (χ0v) is 10.7. The summed E-state index contributed by atoms with van der Waals surface area (Å²) in [5, 5.41) is 11.7. The predicted octanol–water partition coefficient (Wildman–Crippen LogP) is 3.14. The molecule has 0 radical (unpaired) electrons. The highest BCUT2D eigenvalue weighted by Gasteiger charge is 2.33. The molecule has 3 nitrogen and oxygen atoms in total. The van der Waals surface area contributed by atoms with Crippen LogP contribution in [-0.2, 0) is 6.18 Å². The number of nitrogens with zero attached hydrogens (tertiary/aromatic N) is 2. The Hall–Kier alpha value is -1.42. The third kappa shape index (κ3) is 3.81. The smallest absolute Gasteiger partial charge is 0.366 e. The molecular formula is C11H12F3N3S. The third-order valence-corrected chi connectivity index (χ3v) is 2.94. The highest BCUT2D eigenvalue weighted by molar-refractivity contribution is 7.98. The molecule has 0 aromatic carbocycles. The fraction of sp³-hybridized carbons (Fsp3) is 0.455.